The fraction of sp³-hybridized carbons (Fsp3) is 1.00. The summed E-state index contributed by atoms with van der Waals surface area (Å²) in [6.45, 7) is 8.99. The quantitative estimate of drug-likeness (QED) is 0.401. The molecule has 0 aliphatic carbocycles. The molecule has 0 heterocycles. The predicted molar refractivity (Wildman–Crippen MR) is 74.3 cm³/mol. The molecule has 0 bridgehead atoms. The van der Waals surface area contributed by atoms with E-state index in [1.54, 1.807) is 0 Å². The number of alkyl halides is 1. The van der Waals surface area contributed by atoms with Crippen LogP contribution in [0.4, 0.5) is 4.39 Å². The lowest BCUT2D eigenvalue weighted by atomic mass is 10.2. The molecule has 0 aromatic heterocycles. The van der Waals surface area contributed by atoms with Gasteiger partial charge in [-0.3, -0.25) is 0 Å². The smallest absolute Gasteiger partial charge is 0.372 e. The molecule has 0 spiro atoms. The van der Waals surface area contributed by atoms with Crippen LogP contribution in [0.25, 0.3) is 0 Å². The fourth-order valence-corrected chi connectivity index (χ4v) is 4.48. The van der Waals surface area contributed by atoms with E-state index in [0.29, 0.717) is 26.2 Å². The molecule has 0 aliphatic heterocycles. The highest BCUT2D eigenvalue weighted by molar-refractivity contribution is 6.62. The molecule has 0 N–H and O–H groups in total. The zero-order chi connectivity index (χ0) is 13.9. The Balaban J connectivity index is 4.39. The second-order valence-electron chi connectivity index (χ2n) is 4.22. The highest BCUT2D eigenvalue weighted by Crippen LogP contribution is 2.23. The van der Waals surface area contributed by atoms with Crippen molar-refractivity contribution in [3.63, 3.8) is 0 Å². The van der Waals surface area contributed by atoms with Crippen molar-refractivity contribution in [3.05, 3.63) is 0 Å². The van der Waals surface area contributed by atoms with Crippen LogP contribution >= 0.6 is 0 Å². The number of unbranched alkanes of at least 4 members (excludes halogenated alkanes) is 3. The number of hydrogen-bond donors (Lipinski definition) is 0. The van der Waals surface area contributed by atoms with Crippen LogP contribution in [0.15, 0.2) is 0 Å². The first-order chi connectivity index (χ1) is 8.66. The van der Waals surface area contributed by atoms with Crippen molar-refractivity contribution in [2.45, 2.75) is 65.6 Å². The Morgan fingerprint density at radius 2 is 1.33 bits per heavy atom. The van der Waals surface area contributed by atoms with Crippen LogP contribution in [-0.4, -0.2) is 34.4 Å². The van der Waals surface area contributed by atoms with E-state index in [1.165, 1.54) is 0 Å². The first-order valence-electron chi connectivity index (χ1n) is 7.22. The molecule has 1 unspecified atom stereocenters. The predicted octanol–water partition coefficient (Wildman–Crippen LogP) is 3.88. The minimum atomic E-state index is -3.13. The second-order valence-corrected chi connectivity index (χ2v) is 6.92. The summed E-state index contributed by atoms with van der Waals surface area (Å²) < 4.78 is 31.0. The van der Waals surface area contributed by atoms with Gasteiger partial charge in [-0.25, -0.2) is 4.39 Å². The summed E-state index contributed by atoms with van der Waals surface area (Å²) in [5.74, 6) is -1.10. The average molecular weight is 280 g/mol. The molecule has 18 heavy (non-hydrogen) atoms. The van der Waals surface area contributed by atoms with Crippen LogP contribution in [0.1, 0.15) is 59.8 Å². The Morgan fingerprint density at radius 1 is 0.833 bits per heavy atom. The number of rotatable bonds is 12. The summed E-state index contributed by atoms with van der Waals surface area (Å²) >= 11 is 0. The monoisotopic (exact) mass is 280 g/mol. The molecule has 0 amide bonds. The van der Waals surface area contributed by atoms with Crippen LogP contribution in [0.3, 0.4) is 0 Å². The van der Waals surface area contributed by atoms with Crippen LogP contribution in [0, 0.1) is 0 Å². The van der Waals surface area contributed by atoms with E-state index < -0.39 is 14.6 Å². The topological polar surface area (TPSA) is 27.7 Å². The van der Waals surface area contributed by atoms with Crippen molar-refractivity contribution >= 4 is 8.80 Å². The Labute approximate surface area is 112 Å². The maximum Gasteiger partial charge on any atom is 0.537 e. The van der Waals surface area contributed by atoms with Gasteiger partial charge in [0, 0.05) is 19.8 Å². The summed E-state index contributed by atoms with van der Waals surface area (Å²) in [7, 11) is -3.13. The van der Waals surface area contributed by atoms with Gasteiger partial charge in [-0.15, -0.1) is 0 Å². The molecule has 0 saturated heterocycles. The maximum absolute atomic E-state index is 14.4. The number of hydrogen-bond acceptors (Lipinski definition) is 3. The summed E-state index contributed by atoms with van der Waals surface area (Å²) in [5, 5.41) is 0. The first-order valence-corrected chi connectivity index (χ1v) is 9.02. The molecule has 110 valence electrons. The molecule has 0 radical (unpaired) electrons. The van der Waals surface area contributed by atoms with Crippen molar-refractivity contribution in [1.29, 1.82) is 0 Å². The summed E-state index contributed by atoms with van der Waals surface area (Å²) in [4.78, 5) is 0. The molecule has 0 aromatic rings. The lowest BCUT2D eigenvalue weighted by Gasteiger charge is -2.31. The SMILES string of the molecule is CCCCCCC(F)[Si](OCC)(OCC)OCC. The van der Waals surface area contributed by atoms with E-state index in [4.69, 9.17) is 13.3 Å². The zero-order valence-corrected chi connectivity index (χ0v) is 13.3. The standard InChI is InChI=1S/C13H29FO3Si/c1-5-9-10-11-12-13(14)18(15-6-2,16-7-3)17-8-4/h13H,5-12H2,1-4H3. The molecule has 3 nitrogen and oxygen atoms in total. The highest BCUT2D eigenvalue weighted by Gasteiger charge is 2.49. The van der Waals surface area contributed by atoms with Gasteiger partial charge in [0.15, 0.2) is 5.79 Å². The van der Waals surface area contributed by atoms with E-state index in [2.05, 4.69) is 6.92 Å². The van der Waals surface area contributed by atoms with Crippen LogP contribution in [-0.2, 0) is 13.3 Å². The third-order valence-electron chi connectivity index (χ3n) is 2.73. The normalized spacial score (nSPS) is 13.8. The van der Waals surface area contributed by atoms with Gasteiger partial charge in [0.1, 0.15) is 0 Å². The average Bonchev–Trinajstić information content (AvgIpc) is 2.35. The molecular formula is C13H29FO3Si. The molecule has 0 saturated carbocycles. The molecular weight excluding hydrogens is 251 g/mol. The summed E-state index contributed by atoms with van der Waals surface area (Å²) in [5.41, 5.74) is 0. The van der Waals surface area contributed by atoms with Crippen LogP contribution < -0.4 is 0 Å². The second kappa shape index (κ2) is 10.9. The minimum Gasteiger partial charge on any atom is -0.372 e. The Bertz CT molecular complexity index is 176. The third kappa shape index (κ3) is 6.27. The molecule has 0 rings (SSSR count). The molecule has 0 fully saturated rings. The molecule has 0 aromatic carbocycles. The summed E-state index contributed by atoms with van der Waals surface area (Å²) in [6.07, 6.45) is 4.72. The minimum absolute atomic E-state index is 0.432. The van der Waals surface area contributed by atoms with Crippen molar-refractivity contribution in [2.24, 2.45) is 0 Å². The van der Waals surface area contributed by atoms with Gasteiger partial charge < -0.3 is 13.3 Å². The van der Waals surface area contributed by atoms with E-state index in [0.717, 1.165) is 25.7 Å². The van der Waals surface area contributed by atoms with Gasteiger partial charge in [-0.2, -0.15) is 0 Å². The Hall–Kier alpha value is 0.0269. The van der Waals surface area contributed by atoms with E-state index in [9.17, 15) is 4.39 Å². The Morgan fingerprint density at radius 3 is 1.72 bits per heavy atom. The van der Waals surface area contributed by atoms with Gasteiger partial charge in [0.25, 0.3) is 0 Å². The highest BCUT2D eigenvalue weighted by atomic mass is 28.4. The Kier molecular flexibility index (Phi) is 10.9. The number of halogens is 1. The van der Waals surface area contributed by atoms with Crippen LogP contribution in [0.2, 0.25) is 0 Å². The van der Waals surface area contributed by atoms with Gasteiger partial charge in [0.2, 0.25) is 0 Å². The lowest BCUT2D eigenvalue weighted by molar-refractivity contribution is 0.0415. The third-order valence-corrected chi connectivity index (χ3v) is 5.86. The van der Waals surface area contributed by atoms with E-state index in [-0.39, 0.29) is 0 Å². The van der Waals surface area contributed by atoms with E-state index in [1.807, 2.05) is 20.8 Å². The van der Waals surface area contributed by atoms with Crippen molar-refractivity contribution in [2.75, 3.05) is 19.8 Å². The van der Waals surface area contributed by atoms with Crippen LogP contribution in [0.5, 0.6) is 0 Å². The first kappa shape index (κ1) is 18.0. The van der Waals surface area contributed by atoms with Gasteiger partial charge in [0.05, 0.1) is 0 Å². The van der Waals surface area contributed by atoms with Crippen molar-refractivity contribution < 1.29 is 17.7 Å². The summed E-state index contributed by atoms with van der Waals surface area (Å²) in [6, 6.07) is 0. The zero-order valence-electron chi connectivity index (χ0n) is 12.3. The van der Waals surface area contributed by atoms with Crippen molar-refractivity contribution in [3.8, 4) is 0 Å². The molecule has 5 heteroatoms. The van der Waals surface area contributed by atoms with Crippen molar-refractivity contribution in [1.82, 2.24) is 0 Å². The lowest BCUT2D eigenvalue weighted by Crippen LogP contribution is -2.54. The van der Waals surface area contributed by atoms with Gasteiger partial charge in [-0.1, -0.05) is 32.6 Å². The fourth-order valence-electron chi connectivity index (χ4n) is 1.93. The molecule has 1 atom stereocenters. The largest absolute Gasteiger partial charge is 0.537 e. The van der Waals surface area contributed by atoms with Gasteiger partial charge >= 0.3 is 8.80 Å². The molecule has 0 aliphatic rings. The maximum atomic E-state index is 14.4. The van der Waals surface area contributed by atoms with Gasteiger partial charge in [-0.05, 0) is 27.2 Å². The van der Waals surface area contributed by atoms with E-state index >= 15 is 0 Å².